The molecule has 0 spiro atoms. The van der Waals surface area contributed by atoms with Crippen LogP contribution in [0.2, 0.25) is 0 Å². The van der Waals surface area contributed by atoms with Gasteiger partial charge in [-0.05, 0) is 38.6 Å². The van der Waals surface area contributed by atoms with Crippen LogP contribution in [-0.4, -0.2) is 49.2 Å². The second kappa shape index (κ2) is 6.71. The smallest absolute Gasteiger partial charge is 0.229 e. The van der Waals surface area contributed by atoms with Gasteiger partial charge in [0.15, 0.2) is 0 Å². The minimum Gasteiger partial charge on any atom is -0.379 e. The minimum absolute atomic E-state index is 0.0132. The van der Waals surface area contributed by atoms with Crippen molar-refractivity contribution in [3.05, 3.63) is 0 Å². The highest BCUT2D eigenvalue weighted by molar-refractivity contribution is 5.80. The first-order valence-electron chi connectivity index (χ1n) is 7.76. The van der Waals surface area contributed by atoms with Gasteiger partial charge in [-0.3, -0.25) is 4.79 Å². The summed E-state index contributed by atoms with van der Waals surface area (Å²) < 4.78 is 5.53. The number of amides is 1. The summed E-state index contributed by atoms with van der Waals surface area (Å²) in [5.74, 6) is 0.923. The van der Waals surface area contributed by atoms with Gasteiger partial charge in [0.25, 0.3) is 0 Å². The molecule has 0 bridgehead atoms. The Kier molecular flexibility index (Phi) is 5.22. The predicted octanol–water partition coefficient (Wildman–Crippen LogP) is 1.65. The van der Waals surface area contributed by atoms with Crippen LogP contribution in [0.1, 0.15) is 40.0 Å². The van der Waals surface area contributed by atoms with Crippen molar-refractivity contribution in [2.24, 2.45) is 11.8 Å². The molecule has 2 aliphatic rings. The fourth-order valence-corrected chi connectivity index (χ4v) is 3.19. The molecule has 0 aliphatic carbocycles. The average molecular weight is 268 g/mol. The summed E-state index contributed by atoms with van der Waals surface area (Å²) >= 11 is 0. The number of rotatable bonds is 4. The molecule has 1 N–H and O–H groups in total. The molecular weight excluding hydrogens is 240 g/mol. The van der Waals surface area contributed by atoms with Crippen LogP contribution in [0.25, 0.3) is 0 Å². The number of carbonyl (C=O) groups excluding carboxylic acids is 1. The molecular formula is C15H28N2O2. The van der Waals surface area contributed by atoms with E-state index in [0.29, 0.717) is 31.1 Å². The van der Waals surface area contributed by atoms with Crippen molar-refractivity contribution >= 4 is 5.91 Å². The third-order valence-electron chi connectivity index (χ3n) is 4.71. The van der Waals surface area contributed by atoms with Gasteiger partial charge in [0.2, 0.25) is 5.91 Å². The number of carbonyl (C=O) groups is 1. The van der Waals surface area contributed by atoms with Gasteiger partial charge in [0, 0.05) is 18.6 Å². The van der Waals surface area contributed by atoms with Crippen molar-refractivity contribution in [3.8, 4) is 0 Å². The number of hydrogen-bond acceptors (Lipinski definition) is 3. The molecule has 1 amide bonds. The monoisotopic (exact) mass is 268 g/mol. The van der Waals surface area contributed by atoms with Gasteiger partial charge < -0.3 is 15.0 Å². The molecule has 0 aromatic rings. The third kappa shape index (κ3) is 3.29. The summed E-state index contributed by atoms with van der Waals surface area (Å²) in [7, 11) is 0. The van der Waals surface area contributed by atoms with Crippen LogP contribution in [-0.2, 0) is 9.53 Å². The third-order valence-corrected chi connectivity index (χ3v) is 4.71. The Hall–Kier alpha value is -0.610. The van der Waals surface area contributed by atoms with Crippen LogP contribution in [0.4, 0.5) is 0 Å². The Bertz CT molecular complexity index is 309. The van der Waals surface area contributed by atoms with E-state index in [0.717, 1.165) is 25.9 Å². The van der Waals surface area contributed by atoms with Crippen LogP contribution in [0, 0.1) is 11.8 Å². The summed E-state index contributed by atoms with van der Waals surface area (Å²) in [5, 5.41) is 3.45. The quantitative estimate of drug-likeness (QED) is 0.843. The molecule has 2 rings (SSSR count). The SMILES string of the molecule is CCCNC1COCC1C(=O)N1CCCC(C)C1C. The van der Waals surface area contributed by atoms with Gasteiger partial charge in [0.05, 0.1) is 19.1 Å². The van der Waals surface area contributed by atoms with Crippen molar-refractivity contribution in [2.75, 3.05) is 26.3 Å². The van der Waals surface area contributed by atoms with Crippen LogP contribution in [0.3, 0.4) is 0 Å². The van der Waals surface area contributed by atoms with Gasteiger partial charge in [-0.1, -0.05) is 13.8 Å². The molecule has 4 nitrogen and oxygen atoms in total. The van der Waals surface area contributed by atoms with Crippen molar-refractivity contribution in [1.82, 2.24) is 10.2 Å². The Morgan fingerprint density at radius 1 is 1.37 bits per heavy atom. The van der Waals surface area contributed by atoms with E-state index in [9.17, 15) is 4.79 Å². The molecule has 2 aliphatic heterocycles. The lowest BCUT2D eigenvalue weighted by molar-refractivity contribution is -0.140. The lowest BCUT2D eigenvalue weighted by atomic mass is 9.90. The summed E-state index contributed by atoms with van der Waals surface area (Å²) in [6, 6.07) is 0.575. The molecule has 4 atom stereocenters. The Labute approximate surface area is 116 Å². The van der Waals surface area contributed by atoms with E-state index in [4.69, 9.17) is 4.74 Å². The molecule has 0 radical (unpaired) electrons. The molecule has 110 valence electrons. The molecule has 19 heavy (non-hydrogen) atoms. The molecule has 0 aromatic carbocycles. The normalized spacial score (nSPS) is 35.6. The number of nitrogens with one attached hydrogen (secondary N) is 1. The molecule has 2 heterocycles. The zero-order valence-corrected chi connectivity index (χ0v) is 12.5. The maximum Gasteiger partial charge on any atom is 0.229 e. The Balaban J connectivity index is 1.97. The maximum absolute atomic E-state index is 12.7. The van der Waals surface area contributed by atoms with E-state index >= 15 is 0 Å². The van der Waals surface area contributed by atoms with E-state index in [1.165, 1.54) is 6.42 Å². The number of hydrogen-bond donors (Lipinski definition) is 1. The molecule has 2 fully saturated rings. The Morgan fingerprint density at radius 3 is 2.89 bits per heavy atom. The van der Waals surface area contributed by atoms with E-state index in [-0.39, 0.29) is 12.0 Å². The molecule has 2 saturated heterocycles. The van der Waals surface area contributed by atoms with E-state index in [1.807, 2.05) is 0 Å². The summed E-state index contributed by atoms with van der Waals surface area (Å²) in [6.07, 6.45) is 3.47. The highest BCUT2D eigenvalue weighted by Gasteiger charge is 2.39. The van der Waals surface area contributed by atoms with Crippen molar-refractivity contribution < 1.29 is 9.53 Å². The highest BCUT2D eigenvalue weighted by Crippen LogP contribution is 2.26. The van der Waals surface area contributed by atoms with E-state index in [1.54, 1.807) is 0 Å². The molecule has 0 aromatic heterocycles. The Morgan fingerprint density at radius 2 is 2.16 bits per heavy atom. The van der Waals surface area contributed by atoms with Gasteiger partial charge in [-0.25, -0.2) is 0 Å². The largest absolute Gasteiger partial charge is 0.379 e. The fourth-order valence-electron chi connectivity index (χ4n) is 3.19. The van der Waals surface area contributed by atoms with Crippen molar-refractivity contribution in [1.29, 1.82) is 0 Å². The predicted molar refractivity (Wildman–Crippen MR) is 76.0 cm³/mol. The van der Waals surface area contributed by atoms with Gasteiger partial charge in [-0.15, -0.1) is 0 Å². The lowest BCUT2D eigenvalue weighted by Crippen LogP contribution is -2.52. The fraction of sp³-hybridized carbons (Fsp3) is 0.933. The van der Waals surface area contributed by atoms with E-state index in [2.05, 4.69) is 31.0 Å². The van der Waals surface area contributed by atoms with Gasteiger partial charge >= 0.3 is 0 Å². The lowest BCUT2D eigenvalue weighted by Gasteiger charge is -2.39. The van der Waals surface area contributed by atoms with Gasteiger partial charge in [0.1, 0.15) is 0 Å². The van der Waals surface area contributed by atoms with Crippen LogP contribution in [0.15, 0.2) is 0 Å². The van der Waals surface area contributed by atoms with Crippen LogP contribution >= 0.6 is 0 Å². The molecule has 0 saturated carbocycles. The first-order valence-corrected chi connectivity index (χ1v) is 7.76. The summed E-state index contributed by atoms with van der Waals surface area (Å²) in [6.45, 7) is 9.72. The zero-order valence-electron chi connectivity index (χ0n) is 12.5. The average Bonchev–Trinajstić information content (AvgIpc) is 2.87. The van der Waals surface area contributed by atoms with Crippen molar-refractivity contribution in [2.45, 2.75) is 52.1 Å². The first-order chi connectivity index (χ1) is 9.15. The standard InChI is InChI=1S/C15H28N2O2/c1-4-7-16-14-10-19-9-13(14)15(18)17-8-5-6-11(2)12(17)3/h11-14,16H,4-10H2,1-3H3. The van der Waals surface area contributed by atoms with Crippen molar-refractivity contribution in [3.63, 3.8) is 0 Å². The minimum atomic E-state index is 0.0132. The van der Waals surface area contributed by atoms with Crippen LogP contribution in [0.5, 0.6) is 0 Å². The van der Waals surface area contributed by atoms with E-state index < -0.39 is 0 Å². The van der Waals surface area contributed by atoms with Crippen LogP contribution < -0.4 is 5.32 Å². The highest BCUT2D eigenvalue weighted by atomic mass is 16.5. The summed E-state index contributed by atoms with van der Waals surface area (Å²) in [4.78, 5) is 14.8. The number of ether oxygens (including phenoxy) is 1. The zero-order chi connectivity index (χ0) is 13.8. The molecule has 4 heteroatoms. The van der Waals surface area contributed by atoms with Gasteiger partial charge in [-0.2, -0.15) is 0 Å². The topological polar surface area (TPSA) is 41.6 Å². The second-order valence-electron chi connectivity index (χ2n) is 6.10. The molecule has 4 unspecified atom stereocenters. The number of nitrogens with zero attached hydrogens (tertiary/aromatic N) is 1. The maximum atomic E-state index is 12.7. The summed E-state index contributed by atoms with van der Waals surface area (Å²) in [5.41, 5.74) is 0. The first kappa shape index (κ1) is 14.8. The number of likely N-dealkylation sites (tertiary alicyclic amines) is 1. The number of piperidine rings is 1. The second-order valence-corrected chi connectivity index (χ2v) is 6.10.